The molecule has 3 fully saturated rings. The number of hydrogen-bond donors (Lipinski definition) is 1. The molecule has 1 aliphatic heterocycles. The van der Waals surface area contributed by atoms with E-state index in [2.05, 4.69) is 12.2 Å². The second-order valence-corrected chi connectivity index (χ2v) is 6.25. The highest BCUT2D eigenvalue weighted by Crippen LogP contribution is 2.58. The Bertz CT molecular complexity index is 365. The Morgan fingerprint density at radius 2 is 1.69 bits per heavy atom. The van der Waals surface area contributed by atoms with Crippen LogP contribution in [0.25, 0.3) is 0 Å². The van der Waals surface area contributed by atoms with Crippen LogP contribution in [0, 0.1) is 23.7 Å². The van der Waals surface area contributed by atoms with Crippen LogP contribution in [-0.2, 0) is 9.47 Å². The van der Waals surface area contributed by atoms with Crippen LogP contribution in [-0.4, -0.2) is 24.0 Å². The van der Waals surface area contributed by atoms with Crippen molar-refractivity contribution in [2.75, 3.05) is 0 Å². The molecule has 3 heteroatoms. The molecule has 1 saturated heterocycles. The predicted molar refractivity (Wildman–Crippen MR) is 59.5 cm³/mol. The first-order chi connectivity index (χ1) is 7.57. The van der Waals surface area contributed by atoms with Crippen molar-refractivity contribution in [1.82, 2.24) is 0 Å². The van der Waals surface area contributed by atoms with Gasteiger partial charge in [0.05, 0.1) is 6.10 Å². The molecular weight excluding hydrogens is 202 g/mol. The molecule has 3 nitrogen and oxygen atoms in total. The molecule has 0 spiro atoms. The Balaban J connectivity index is 1.71. The Kier molecular flexibility index (Phi) is 1.63. The average Bonchev–Trinajstić information content (AvgIpc) is 2.89. The van der Waals surface area contributed by atoms with Crippen molar-refractivity contribution >= 4 is 0 Å². The monoisotopic (exact) mass is 221 g/mol. The second-order valence-electron chi connectivity index (χ2n) is 6.25. The summed E-state index contributed by atoms with van der Waals surface area (Å²) in [7, 11) is 0. The molecule has 0 radical (unpaired) electrons. The highest BCUT2D eigenvalue weighted by Gasteiger charge is 2.64. The van der Waals surface area contributed by atoms with Crippen molar-refractivity contribution in [2.45, 2.75) is 44.3 Å². The molecule has 2 saturated carbocycles. The van der Waals surface area contributed by atoms with E-state index < -0.39 is 5.79 Å². The third kappa shape index (κ3) is 0.998. The van der Waals surface area contributed by atoms with Crippen molar-refractivity contribution in [3.05, 3.63) is 12.2 Å². The van der Waals surface area contributed by atoms with Crippen molar-refractivity contribution in [1.29, 1.82) is 0 Å². The standard InChI is InChI=1S/C13H19NO2/c1-13(2)15-11-9-7-4-3-6(5-7)8(9)10(14)12(11)16-13/h3-4,6-12H,5,14H2,1-2H3/t6-,7+,8-,9+,10-,11-,12+/m1/s1. The minimum atomic E-state index is -0.441. The minimum Gasteiger partial charge on any atom is -0.344 e. The maximum absolute atomic E-state index is 6.37. The number of fused-ring (bicyclic) bond motifs is 7. The smallest absolute Gasteiger partial charge is 0.163 e. The maximum atomic E-state index is 6.37. The van der Waals surface area contributed by atoms with Gasteiger partial charge in [-0.25, -0.2) is 0 Å². The van der Waals surface area contributed by atoms with Gasteiger partial charge in [-0.05, 0) is 43.9 Å². The fraction of sp³-hybridized carbons (Fsp3) is 0.846. The van der Waals surface area contributed by atoms with Gasteiger partial charge in [-0.1, -0.05) is 12.2 Å². The van der Waals surface area contributed by atoms with Crippen molar-refractivity contribution in [2.24, 2.45) is 29.4 Å². The largest absolute Gasteiger partial charge is 0.344 e. The lowest BCUT2D eigenvalue weighted by atomic mass is 9.83. The van der Waals surface area contributed by atoms with E-state index in [0.717, 1.165) is 0 Å². The number of rotatable bonds is 0. The van der Waals surface area contributed by atoms with Crippen LogP contribution in [0.4, 0.5) is 0 Å². The van der Waals surface area contributed by atoms with Gasteiger partial charge in [-0.3, -0.25) is 0 Å². The van der Waals surface area contributed by atoms with E-state index in [-0.39, 0.29) is 18.2 Å². The van der Waals surface area contributed by atoms with Gasteiger partial charge < -0.3 is 15.2 Å². The zero-order valence-corrected chi connectivity index (χ0v) is 9.80. The third-order valence-corrected chi connectivity index (χ3v) is 4.95. The highest BCUT2D eigenvalue weighted by molar-refractivity contribution is 5.22. The predicted octanol–water partition coefficient (Wildman–Crippen LogP) is 1.29. The van der Waals surface area contributed by atoms with Crippen LogP contribution < -0.4 is 5.73 Å². The summed E-state index contributed by atoms with van der Waals surface area (Å²) in [5.74, 6) is 2.14. The van der Waals surface area contributed by atoms with Crippen molar-refractivity contribution < 1.29 is 9.47 Å². The summed E-state index contributed by atoms with van der Waals surface area (Å²) in [6.45, 7) is 3.99. The lowest BCUT2D eigenvalue weighted by Crippen LogP contribution is -2.40. The van der Waals surface area contributed by atoms with E-state index in [9.17, 15) is 0 Å². The fourth-order valence-corrected chi connectivity index (χ4v) is 4.53. The number of ether oxygens (including phenoxy) is 2. The maximum Gasteiger partial charge on any atom is 0.163 e. The SMILES string of the molecule is CC1(C)O[C@H]2[C@H](N)[C@H]3[C@@H]([C@H]2O1)[C@H]1C=C[C@@H]3C1. The molecule has 88 valence electrons. The van der Waals surface area contributed by atoms with Crippen molar-refractivity contribution in [3.8, 4) is 0 Å². The summed E-state index contributed by atoms with van der Waals surface area (Å²) in [4.78, 5) is 0. The first-order valence-electron chi connectivity index (χ1n) is 6.36. The van der Waals surface area contributed by atoms with E-state index in [1.807, 2.05) is 13.8 Å². The van der Waals surface area contributed by atoms with E-state index in [0.29, 0.717) is 23.7 Å². The van der Waals surface area contributed by atoms with Crippen LogP contribution in [0.5, 0.6) is 0 Å². The summed E-state index contributed by atoms with van der Waals surface area (Å²) in [6, 6.07) is 0.164. The molecule has 16 heavy (non-hydrogen) atoms. The zero-order chi connectivity index (χ0) is 11.1. The van der Waals surface area contributed by atoms with Crippen LogP contribution in [0.2, 0.25) is 0 Å². The quantitative estimate of drug-likeness (QED) is 0.627. The van der Waals surface area contributed by atoms with Gasteiger partial charge in [-0.15, -0.1) is 0 Å². The third-order valence-electron chi connectivity index (χ3n) is 4.95. The summed E-state index contributed by atoms with van der Waals surface area (Å²) in [5.41, 5.74) is 6.37. The molecule has 0 unspecified atom stereocenters. The molecule has 7 atom stereocenters. The van der Waals surface area contributed by atoms with Gasteiger partial charge >= 0.3 is 0 Å². The summed E-state index contributed by atoms with van der Waals surface area (Å²) in [5, 5.41) is 0. The van der Waals surface area contributed by atoms with Gasteiger partial charge in [-0.2, -0.15) is 0 Å². The first kappa shape index (κ1) is 9.63. The van der Waals surface area contributed by atoms with Gasteiger partial charge in [0.1, 0.15) is 6.10 Å². The number of allylic oxidation sites excluding steroid dienone is 2. The summed E-state index contributed by atoms with van der Waals surface area (Å²) < 4.78 is 12.0. The van der Waals surface area contributed by atoms with Gasteiger partial charge in [0, 0.05) is 6.04 Å². The van der Waals surface area contributed by atoms with E-state index in [1.165, 1.54) is 6.42 Å². The Labute approximate surface area is 96.0 Å². The van der Waals surface area contributed by atoms with Crippen molar-refractivity contribution in [3.63, 3.8) is 0 Å². The van der Waals surface area contributed by atoms with Gasteiger partial charge in [0.15, 0.2) is 5.79 Å². The molecule has 0 aromatic carbocycles. The highest BCUT2D eigenvalue weighted by atomic mass is 16.8. The summed E-state index contributed by atoms with van der Waals surface area (Å²) in [6.07, 6.45) is 6.37. The zero-order valence-electron chi connectivity index (χ0n) is 9.80. The van der Waals surface area contributed by atoms with E-state index in [4.69, 9.17) is 15.2 Å². The average molecular weight is 221 g/mol. The molecule has 3 aliphatic carbocycles. The number of nitrogens with two attached hydrogens (primary N) is 1. The summed E-state index contributed by atoms with van der Waals surface area (Å²) >= 11 is 0. The molecule has 4 aliphatic rings. The van der Waals surface area contributed by atoms with Crippen LogP contribution >= 0.6 is 0 Å². The Morgan fingerprint density at radius 1 is 1.06 bits per heavy atom. The molecule has 0 amide bonds. The number of hydrogen-bond acceptors (Lipinski definition) is 3. The molecule has 0 aromatic rings. The molecule has 1 heterocycles. The first-order valence-corrected chi connectivity index (χ1v) is 6.36. The molecule has 4 rings (SSSR count). The minimum absolute atomic E-state index is 0.121. The molecule has 2 bridgehead atoms. The lowest BCUT2D eigenvalue weighted by Gasteiger charge is -2.29. The topological polar surface area (TPSA) is 44.5 Å². The Hall–Kier alpha value is -0.380. The fourth-order valence-electron chi connectivity index (χ4n) is 4.53. The van der Waals surface area contributed by atoms with Gasteiger partial charge in [0.25, 0.3) is 0 Å². The normalized spacial score (nSPS) is 60.3. The molecule has 2 N–H and O–H groups in total. The van der Waals surface area contributed by atoms with Crippen LogP contribution in [0.15, 0.2) is 12.2 Å². The van der Waals surface area contributed by atoms with Crippen LogP contribution in [0.1, 0.15) is 20.3 Å². The second kappa shape index (κ2) is 2.71. The van der Waals surface area contributed by atoms with Gasteiger partial charge in [0.2, 0.25) is 0 Å². The Morgan fingerprint density at radius 3 is 2.44 bits per heavy atom. The van der Waals surface area contributed by atoms with Crippen LogP contribution in [0.3, 0.4) is 0 Å². The molecule has 0 aromatic heterocycles. The molecular formula is C13H19NO2. The van der Waals surface area contributed by atoms with E-state index >= 15 is 0 Å². The lowest BCUT2D eigenvalue weighted by molar-refractivity contribution is -0.162. The van der Waals surface area contributed by atoms with E-state index in [1.54, 1.807) is 0 Å².